The molecule has 1 fully saturated rings. The molecule has 1 amide bonds. The van der Waals surface area contributed by atoms with E-state index in [4.69, 9.17) is 4.42 Å². The number of nitrogens with one attached hydrogen (secondary N) is 2. The molecular formula is C16H12F3N5O2. The summed E-state index contributed by atoms with van der Waals surface area (Å²) in [6, 6.07) is 4.48. The summed E-state index contributed by atoms with van der Waals surface area (Å²) in [5.74, 6) is 0.369. The van der Waals surface area contributed by atoms with Gasteiger partial charge in [0.25, 0.3) is 5.91 Å². The number of anilines is 1. The second-order valence-corrected chi connectivity index (χ2v) is 5.88. The maximum atomic E-state index is 12.9. The van der Waals surface area contributed by atoms with Gasteiger partial charge in [-0.05, 0) is 25.0 Å². The standard InChI is InChI=1S/C16H12F3N5O2/c17-16(18,19)10-3-1-2-9(6-10)12-11(20-7-26-12)14(25)22-15-21-13(23-24-15)8-4-5-8/h1-3,6-8H,4-5H2,(H2,21,22,23,24,25). The van der Waals surface area contributed by atoms with Gasteiger partial charge in [-0.25, -0.2) is 4.98 Å². The third kappa shape index (κ3) is 3.17. The Morgan fingerprint density at radius 3 is 2.85 bits per heavy atom. The Morgan fingerprint density at radius 1 is 1.31 bits per heavy atom. The lowest BCUT2D eigenvalue weighted by Crippen LogP contribution is -2.14. The molecule has 7 nitrogen and oxygen atoms in total. The van der Waals surface area contributed by atoms with Crippen molar-refractivity contribution in [2.24, 2.45) is 0 Å². The number of alkyl halides is 3. The monoisotopic (exact) mass is 363 g/mol. The minimum absolute atomic E-state index is 0.0634. The van der Waals surface area contributed by atoms with Gasteiger partial charge < -0.3 is 4.42 Å². The third-order valence-corrected chi connectivity index (χ3v) is 3.93. The van der Waals surface area contributed by atoms with Crippen molar-refractivity contribution in [3.05, 3.63) is 47.7 Å². The molecule has 4 rings (SSSR count). The summed E-state index contributed by atoms with van der Waals surface area (Å²) in [6.45, 7) is 0. The first kappa shape index (κ1) is 16.3. The zero-order valence-electron chi connectivity index (χ0n) is 13.2. The van der Waals surface area contributed by atoms with Crippen molar-refractivity contribution in [1.29, 1.82) is 0 Å². The van der Waals surface area contributed by atoms with E-state index in [-0.39, 0.29) is 23.0 Å². The predicted octanol–water partition coefficient (Wildman–Crippen LogP) is 3.61. The molecule has 2 heterocycles. The third-order valence-electron chi connectivity index (χ3n) is 3.93. The highest BCUT2D eigenvalue weighted by Gasteiger charge is 2.31. The van der Waals surface area contributed by atoms with Crippen molar-refractivity contribution in [1.82, 2.24) is 20.2 Å². The van der Waals surface area contributed by atoms with Crippen LogP contribution in [0.3, 0.4) is 0 Å². The molecule has 0 aliphatic heterocycles. The molecule has 0 bridgehead atoms. The Balaban J connectivity index is 1.59. The lowest BCUT2D eigenvalue weighted by atomic mass is 10.1. The van der Waals surface area contributed by atoms with Crippen molar-refractivity contribution in [3.63, 3.8) is 0 Å². The van der Waals surface area contributed by atoms with Crippen molar-refractivity contribution >= 4 is 11.9 Å². The fraction of sp³-hybridized carbons (Fsp3) is 0.250. The average molecular weight is 363 g/mol. The fourth-order valence-electron chi connectivity index (χ4n) is 2.48. The van der Waals surface area contributed by atoms with E-state index in [0.717, 1.165) is 31.4 Å². The van der Waals surface area contributed by atoms with Gasteiger partial charge in [0.2, 0.25) is 5.95 Å². The number of halogens is 3. The van der Waals surface area contributed by atoms with Crippen LogP contribution in [0.5, 0.6) is 0 Å². The molecule has 1 aromatic carbocycles. The maximum absolute atomic E-state index is 12.9. The summed E-state index contributed by atoms with van der Waals surface area (Å²) in [6.07, 6.45) is -1.47. The van der Waals surface area contributed by atoms with Crippen LogP contribution in [0.2, 0.25) is 0 Å². The van der Waals surface area contributed by atoms with E-state index < -0.39 is 17.6 Å². The van der Waals surface area contributed by atoms with Gasteiger partial charge in [-0.2, -0.15) is 18.2 Å². The molecule has 2 aromatic heterocycles. The summed E-state index contributed by atoms with van der Waals surface area (Å²) < 4.78 is 43.8. The zero-order chi connectivity index (χ0) is 18.3. The summed E-state index contributed by atoms with van der Waals surface area (Å²) >= 11 is 0. The summed E-state index contributed by atoms with van der Waals surface area (Å²) in [5.41, 5.74) is -0.904. The van der Waals surface area contributed by atoms with E-state index in [2.05, 4.69) is 25.5 Å². The number of nitrogens with zero attached hydrogens (tertiary/aromatic N) is 3. The van der Waals surface area contributed by atoms with E-state index in [1.54, 1.807) is 0 Å². The van der Waals surface area contributed by atoms with E-state index in [1.165, 1.54) is 12.1 Å². The van der Waals surface area contributed by atoms with Crippen LogP contribution in [-0.4, -0.2) is 26.1 Å². The smallest absolute Gasteiger partial charge is 0.416 e. The lowest BCUT2D eigenvalue weighted by Gasteiger charge is -2.08. The SMILES string of the molecule is O=C(Nc1n[nH]c(C2CC2)n1)c1ncoc1-c1cccc(C(F)(F)F)c1. The number of aromatic nitrogens is 4. The van der Waals surface area contributed by atoms with Crippen LogP contribution in [0.25, 0.3) is 11.3 Å². The molecule has 3 aromatic rings. The number of H-pyrrole nitrogens is 1. The number of carbonyl (C=O) groups is 1. The molecular weight excluding hydrogens is 351 g/mol. The van der Waals surface area contributed by atoms with Crippen LogP contribution in [-0.2, 0) is 6.18 Å². The minimum atomic E-state index is -4.50. The second-order valence-electron chi connectivity index (χ2n) is 5.88. The first-order chi connectivity index (χ1) is 12.4. The Kier molecular flexibility index (Phi) is 3.74. The van der Waals surface area contributed by atoms with Crippen LogP contribution in [0.4, 0.5) is 19.1 Å². The molecule has 1 aliphatic carbocycles. The van der Waals surface area contributed by atoms with Crippen molar-refractivity contribution in [2.75, 3.05) is 5.32 Å². The van der Waals surface area contributed by atoms with Gasteiger partial charge >= 0.3 is 6.18 Å². The van der Waals surface area contributed by atoms with Crippen molar-refractivity contribution in [3.8, 4) is 11.3 Å². The molecule has 0 spiro atoms. The minimum Gasteiger partial charge on any atom is -0.443 e. The van der Waals surface area contributed by atoms with Gasteiger partial charge in [0, 0.05) is 11.5 Å². The van der Waals surface area contributed by atoms with Gasteiger partial charge in [-0.15, -0.1) is 5.10 Å². The maximum Gasteiger partial charge on any atom is 0.416 e. The number of carbonyl (C=O) groups excluding carboxylic acids is 1. The largest absolute Gasteiger partial charge is 0.443 e. The molecule has 1 aliphatic rings. The average Bonchev–Trinajstić information content (AvgIpc) is 3.15. The molecule has 134 valence electrons. The highest BCUT2D eigenvalue weighted by Crippen LogP contribution is 2.38. The zero-order valence-corrected chi connectivity index (χ0v) is 13.2. The number of hydrogen-bond acceptors (Lipinski definition) is 5. The first-order valence-electron chi connectivity index (χ1n) is 7.76. The van der Waals surface area contributed by atoms with Crippen molar-refractivity contribution < 1.29 is 22.4 Å². The lowest BCUT2D eigenvalue weighted by molar-refractivity contribution is -0.137. The highest BCUT2D eigenvalue weighted by atomic mass is 19.4. The summed E-state index contributed by atoms with van der Waals surface area (Å²) in [4.78, 5) is 20.4. The molecule has 1 saturated carbocycles. The molecule has 0 unspecified atom stereocenters. The van der Waals surface area contributed by atoms with Crippen LogP contribution in [0.1, 0.15) is 40.6 Å². The van der Waals surface area contributed by atoms with Crippen LogP contribution in [0.15, 0.2) is 35.1 Å². The van der Waals surface area contributed by atoms with Gasteiger partial charge in [-0.3, -0.25) is 15.2 Å². The fourth-order valence-corrected chi connectivity index (χ4v) is 2.48. The normalized spacial score (nSPS) is 14.4. The predicted molar refractivity (Wildman–Crippen MR) is 83.3 cm³/mol. The molecule has 2 N–H and O–H groups in total. The Hall–Kier alpha value is -3.17. The van der Waals surface area contributed by atoms with E-state index in [0.29, 0.717) is 11.7 Å². The van der Waals surface area contributed by atoms with E-state index in [9.17, 15) is 18.0 Å². The number of oxazole rings is 1. The summed E-state index contributed by atoms with van der Waals surface area (Å²) in [5, 5.41) is 9.11. The molecule has 10 heteroatoms. The van der Waals surface area contributed by atoms with E-state index in [1.807, 2.05) is 0 Å². The highest BCUT2D eigenvalue weighted by molar-refractivity contribution is 6.05. The van der Waals surface area contributed by atoms with Gasteiger partial charge in [0.05, 0.1) is 5.56 Å². The topological polar surface area (TPSA) is 96.7 Å². The number of amides is 1. The number of aromatic amines is 1. The van der Waals surface area contributed by atoms with Crippen LogP contribution in [0, 0.1) is 0 Å². The number of rotatable bonds is 4. The van der Waals surface area contributed by atoms with E-state index >= 15 is 0 Å². The Labute approximate surface area is 144 Å². The summed E-state index contributed by atoms with van der Waals surface area (Å²) in [7, 11) is 0. The first-order valence-corrected chi connectivity index (χ1v) is 7.76. The van der Waals surface area contributed by atoms with Gasteiger partial charge in [0.1, 0.15) is 5.82 Å². The van der Waals surface area contributed by atoms with Crippen molar-refractivity contribution in [2.45, 2.75) is 24.9 Å². The second kappa shape index (κ2) is 5.97. The number of benzene rings is 1. The van der Waals surface area contributed by atoms with Gasteiger partial charge in [-0.1, -0.05) is 12.1 Å². The Morgan fingerprint density at radius 2 is 2.12 bits per heavy atom. The molecule has 0 radical (unpaired) electrons. The molecule has 26 heavy (non-hydrogen) atoms. The molecule has 0 saturated heterocycles. The Bertz CT molecular complexity index is 959. The van der Waals surface area contributed by atoms with Crippen LogP contribution < -0.4 is 5.32 Å². The quantitative estimate of drug-likeness (QED) is 0.738. The van der Waals surface area contributed by atoms with Gasteiger partial charge in [0.15, 0.2) is 17.8 Å². The molecule has 0 atom stereocenters. The number of hydrogen-bond donors (Lipinski definition) is 2. The van der Waals surface area contributed by atoms with Crippen LogP contribution >= 0.6 is 0 Å².